The summed E-state index contributed by atoms with van der Waals surface area (Å²) in [6, 6.07) is 17.2. The summed E-state index contributed by atoms with van der Waals surface area (Å²) >= 11 is 1.46. The number of hydrogen-bond donors (Lipinski definition) is 1. The van der Waals surface area contributed by atoms with Crippen LogP contribution in [0, 0.1) is 5.82 Å². The number of esters is 1. The Balaban J connectivity index is 1.92. The van der Waals surface area contributed by atoms with Gasteiger partial charge < -0.3 is 10.1 Å². The Morgan fingerprint density at radius 3 is 2.36 bits per heavy atom. The van der Waals surface area contributed by atoms with Crippen LogP contribution in [0.25, 0.3) is 0 Å². The molecule has 172 valence electrons. The van der Waals surface area contributed by atoms with Crippen LogP contribution in [0.15, 0.2) is 82.6 Å². The molecule has 0 saturated carbocycles. The summed E-state index contributed by atoms with van der Waals surface area (Å²) in [5, 5.41) is 2.57. The van der Waals surface area contributed by atoms with Gasteiger partial charge in [-0.1, -0.05) is 12.1 Å². The van der Waals surface area contributed by atoms with Crippen molar-refractivity contribution >= 4 is 45.0 Å². The summed E-state index contributed by atoms with van der Waals surface area (Å²) in [5.74, 6) is -1.90. The summed E-state index contributed by atoms with van der Waals surface area (Å²) in [5.41, 5.74) is 0.505. The first kappa shape index (κ1) is 24.3. The van der Waals surface area contributed by atoms with Gasteiger partial charge in [-0.25, -0.2) is 17.6 Å². The molecule has 0 atom stereocenters. The van der Waals surface area contributed by atoms with Gasteiger partial charge in [0.15, 0.2) is 0 Å². The number of methoxy groups -OCH3 is 1. The summed E-state index contributed by atoms with van der Waals surface area (Å²) in [6.07, 6.45) is 1.86. The van der Waals surface area contributed by atoms with Gasteiger partial charge in [0.05, 0.1) is 23.3 Å². The summed E-state index contributed by atoms with van der Waals surface area (Å²) < 4.78 is 46.1. The van der Waals surface area contributed by atoms with Gasteiger partial charge >= 0.3 is 5.97 Å². The predicted molar refractivity (Wildman–Crippen MR) is 126 cm³/mol. The molecule has 3 rings (SSSR count). The van der Waals surface area contributed by atoms with Crippen LogP contribution in [0.3, 0.4) is 0 Å². The summed E-state index contributed by atoms with van der Waals surface area (Å²) in [6.45, 7) is -0.613. The van der Waals surface area contributed by atoms with Gasteiger partial charge in [-0.05, 0) is 66.9 Å². The van der Waals surface area contributed by atoms with Gasteiger partial charge in [-0.2, -0.15) is 0 Å². The maximum absolute atomic E-state index is 13.9. The van der Waals surface area contributed by atoms with E-state index in [0.717, 1.165) is 15.3 Å². The number of amides is 1. The number of halogens is 1. The highest BCUT2D eigenvalue weighted by molar-refractivity contribution is 7.98. The van der Waals surface area contributed by atoms with Gasteiger partial charge in [0.25, 0.3) is 10.0 Å². The number of thioether (sulfide) groups is 1. The SMILES string of the molecule is COC(=O)c1cccc(NC(=O)CN(c2cccc(F)c2)S(=O)(=O)c2ccc(SC)cc2)c1. The Bertz CT molecular complexity index is 1260. The molecule has 0 fully saturated rings. The molecular formula is C23H21FN2O5S2. The molecule has 0 aliphatic rings. The molecule has 33 heavy (non-hydrogen) atoms. The second-order valence-corrected chi connectivity index (χ2v) is 9.53. The minimum Gasteiger partial charge on any atom is -0.465 e. The van der Waals surface area contributed by atoms with E-state index in [9.17, 15) is 22.4 Å². The number of nitrogens with one attached hydrogen (secondary N) is 1. The van der Waals surface area contributed by atoms with Crippen molar-refractivity contribution in [1.82, 2.24) is 0 Å². The van der Waals surface area contributed by atoms with E-state index in [-0.39, 0.29) is 21.8 Å². The zero-order chi connectivity index (χ0) is 24.0. The lowest BCUT2D eigenvalue weighted by atomic mass is 10.2. The molecule has 0 aliphatic heterocycles. The third-order valence-corrected chi connectivity index (χ3v) is 7.13. The molecule has 0 heterocycles. The molecule has 0 aliphatic carbocycles. The Kier molecular flexibility index (Phi) is 7.72. The van der Waals surface area contributed by atoms with E-state index in [1.54, 1.807) is 24.3 Å². The zero-order valence-electron chi connectivity index (χ0n) is 17.8. The highest BCUT2D eigenvalue weighted by atomic mass is 32.2. The van der Waals surface area contributed by atoms with Crippen LogP contribution in [0.1, 0.15) is 10.4 Å². The molecule has 0 unspecified atom stereocenters. The Morgan fingerprint density at radius 1 is 1.03 bits per heavy atom. The molecule has 1 amide bonds. The first-order chi connectivity index (χ1) is 15.7. The average molecular weight is 489 g/mol. The number of benzene rings is 3. The number of ether oxygens (including phenoxy) is 1. The molecule has 3 aromatic carbocycles. The molecular weight excluding hydrogens is 467 g/mol. The van der Waals surface area contributed by atoms with Crippen LogP contribution in [-0.2, 0) is 19.6 Å². The second-order valence-electron chi connectivity index (χ2n) is 6.79. The van der Waals surface area contributed by atoms with E-state index in [1.165, 1.54) is 61.3 Å². The standard InChI is InChI=1S/C23H21FN2O5S2/c1-31-23(28)16-5-3-7-18(13-16)25-22(27)15-26(19-8-4-6-17(24)14-19)33(29,30)21-11-9-20(32-2)10-12-21/h3-14H,15H2,1-2H3,(H,25,27). The Hall–Kier alpha value is -3.37. The van der Waals surface area contributed by atoms with Crippen molar-refractivity contribution in [3.8, 4) is 0 Å². The Labute approximate surface area is 195 Å². The molecule has 0 saturated heterocycles. The van der Waals surface area contributed by atoms with Crippen molar-refractivity contribution in [3.63, 3.8) is 0 Å². The van der Waals surface area contributed by atoms with E-state index in [2.05, 4.69) is 10.1 Å². The van der Waals surface area contributed by atoms with Crippen LogP contribution in [0.5, 0.6) is 0 Å². The third-order valence-electron chi connectivity index (χ3n) is 4.60. The van der Waals surface area contributed by atoms with Crippen LogP contribution in [0.4, 0.5) is 15.8 Å². The minimum absolute atomic E-state index is 0.00223. The van der Waals surface area contributed by atoms with Crippen LogP contribution < -0.4 is 9.62 Å². The quantitative estimate of drug-likeness (QED) is 0.378. The fraction of sp³-hybridized carbons (Fsp3) is 0.130. The maximum Gasteiger partial charge on any atom is 0.337 e. The van der Waals surface area contributed by atoms with Crippen LogP contribution >= 0.6 is 11.8 Å². The first-order valence-corrected chi connectivity index (χ1v) is 12.3. The van der Waals surface area contributed by atoms with Crippen molar-refractivity contribution in [2.75, 3.05) is 29.5 Å². The lowest BCUT2D eigenvalue weighted by Gasteiger charge is -2.24. The van der Waals surface area contributed by atoms with Crippen molar-refractivity contribution in [2.24, 2.45) is 0 Å². The number of carbonyl (C=O) groups is 2. The van der Waals surface area contributed by atoms with E-state index < -0.39 is 34.3 Å². The van der Waals surface area contributed by atoms with Gasteiger partial charge in [0.1, 0.15) is 12.4 Å². The summed E-state index contributed by atoms with van der Waals surface area (Å²) in [4.78, 5) is 25.3. The molecule has 10 heteroatoms. The minimum atomic E-state index is -4.19. The zero-order valence-corrected chi connectivity index (χ0v) is 19.5. The van der Waals surface area contributed by atoms with Crippen LogP contribution in [-0.4, -0.2) is 40.2 Å². The van der Waals surface area contributed by atoms with E-state index in [4.69, 9.17) is 0 Å². The van der Waals surface area contributed by atoms with Gasteiger partial charge in [-0.15, -0.1) is 11.8 Å². The lowest BCUT2D eigenvalue weighted by Crippen LogP contribution is -2.38. The van der Waals surface area contributed by atoms with Crippen molar-refractivity contribution in [3.05, 3.63) is 84.2 Å². The second kappa shape index (κ2) is 10.5. The first-order valence-electron chi connectivity index (χ1n) is 9.65. The fourth-order valence-electron chi connectivity index (χ4n) is 2.99. The third kappa shape index (κ3) is 5.91. The molecule has 7 nitrogen and oxygen atoms in total. The highest BCUT2D eigenvalue weighted by Gasteiger charge is 2.27. The van der Waals surface area contributed by atoms with Gasteiger partial charge in [0.2, 0.25) is 5.91 Å². The number of rotatable bonds is 8. The molecule has 3 aromatic rings. The number of sulfonamides is 1. The van der Waals surface area contributed by atoms with Crippen LogP contribution in [0.2, 0.25) is 0 Å². The highest BCUT2D eigenvalue weighted by Crippen LogP contribution is 2.26. The number of anilines is 2. The van der Waals surface area contributed by atoms with E-state index in [0.29, 0.717) is 0 Å². The smallest absolute Gasteiger partial charge is 0.337 e. The maximum atomic E-state index is 13.9. The topological polar surface area (TPSA) is 92.8 Å². The largest absolute Gasteiger partial charge is 0.465 e. The van der Waals surface area contributed by atoms with E-state index >= 15 is 0 Å². The van der Waals surface area contributed by atoms with E-state index in [1.807, 2.05) is 6.26 Å². The Morgan fingerprint density at radius 2 is 1.73 bits per heavy atom. The number of carbonyl (C=O) groups excluding carboxylic acids is 2. The van der Waals surface area contributed by atoms with Crippen molar-refractivity contribution in [1.29, 1.82) is 0 Å². The molecule has 1 N–H and O–H groups in total. The molecule has 0 aromatic heterocycles. The van der Waals surface area contributed by atoms with Crippen molar-refractivity contribution in [2.45, 2.75) is 9.79 Å². The van der Waals surface area contributed by atoms with Gasteiger partial charge in [-0.3, -0.25) is 9.10 Å². The lowest BCUT2D eigenvalue weighted by molar-refractivity contribution is -0.114. The van der Waals surface area contributed by atoms with Crippen molar-refractivity contribution < 1.29 is 27.1 Å². The molecule has 0 spiro atoms. The number of hydrogen-bond acceptors (Lipinski definition) is 6. The molecule has 0 radical (unpaired) electrons. The normalized spacial score (nSPS) is 11.0. The predicted octanol–water partition coefficient (Wildman–Crippen LogP) is 4.17. The fourth-order valence-corrected chi connectivity index (χ4v) is 4.82. The summed E-state index contributed by atoms with van der Waals surface area (Å²) in [7, 11) is -2.95. The number of nitrogens with zero attached hydrogens (tertiary/aromatic N) is 1. The molecule has 0 bridgehead atoms. The monoisotopic (exact) mass is 488 g/mol. The average Bonchev–Trinajstić information content (AvgIpc) is 2.82. The van der Waals surface area contributed by atoms with Gasteiger partial charge in [0, 0.05) is 10.6 Å².